The number of aromatic nitrogens is 1. The van der Waals surface area contributed by atoms with Crippen LogP contribution in [0.25, 0.3) is 0 Å². The third kappa shape index (κ3) is 4.38. The smallest absolute Gasteiger partial charge is 0.370 e. The summed E-state index contributed by atoms with van der Waals surface area (Å²) < 4.78 is 36.8. The number of likely N-dealkylation sites (tertiary alicyclic amines) is 1. The van der Waals surface area contributed by atoms with Crippen molar-refractivity contribution in [2.24, 2.45) is 5.92 Å². The average Bonchev–Trinajstić information content (AvgIpc) is 2.82. The third-order valence-corrected chi connectivity index (χ3v) is 3.21. The summed E-state index contributed by atoms with van der Waals surface area (Å²) in [5.74, 6) is 0.753. The largest absolute Gasteiger partial charge is 0.401 e. The number of hydrogen-bond donors (Lipinski definition) is 1. The normalized spacial score (nSPS) is 19.8. The number of anilines is 1. The van der Waals surface area contributed by atoms with Gasteiger partial charge in [0.25, 0.3) is 0 Å². The van der Waals surface area contributed by atoms with Gasteiger partial charge in [-0.25, -0.2) is 4.98 Å². The molecule has 7 heteroatoms. The Bertz CT molecular complexity index is 495. The molecule has 0 aromatic carbocycles. The molecule has 1 unspecified atom stereocenters. The van der Waals surface area contributed by atoms with Gasteiger partial charge in [-0.2, -0.15) is 18.4 Å². The fraction of sp³-hybridized carbons (Fsp3) is 0.538. The highest BCUT2D eigenvalue weighted by molar-refractivity contribution is 5.38. The van der Waals surface area contributed by atoms with Gasteiger partial charge in [-0.3, -0.25) is 4.90 Å². The van der Waals surface area contributed by atoms with Gasteiger partial charge in [0.2, 0.25) is 0 Å². The number of halogens is 3. The summed E-state index contributed by atoms with van der Waals surface area (Å²) in [4.78, 5) is 5.49. The maximum atomic E-state index is 12.3. The maximum Gasteiger partial charge on any atom is 0.401 e. The van der Waals surface area contributed by atoms with Crippen LogP contribution in [0.4, 0.5) is 19.0 Å². The van der Waals surface area contributed by atoms with Crippen LogP contribution >= 0.6 is 0 Å². The zero-order valence-corrected chi connectivity index (χ0v) is 10.8. The molecular weight excluding hydrogens is 269 g/mol. The monoisotopic (exact) mass is 284 g/mol. The Hall–Kier alpha value is -1.81. The van der Waals surface area contributed by atoms with Crippen molar-refractivity contribution in [3.05, 3.63) is 23.9 Å². The summed E-state index contributed by atoms with van der Waals surface area (Å²) in [5.41, 5.74) is 0.320. The van der Waals surface area contributed by atoms with E-state index in [1.165, 1.54) is 4.90 Å². The molecule has 1 aliphatic heterocycles. The molecule has 4 nitrogen and oxygen atoms in total. The average molecular weight is 284 g/mol. The topological polar surface area (TPSA) is 52.0 Å². The lowest BCUT2D eigenvalue weighted by Crippen LogP contribution is -2.33. The van der Waals surface area contributed by atoms with Gasteiger partial charge < -0.3 is 5.32 Å². The Morgan fingerprint density at radius 2 is 2.25 bits per heavy atom. The van der Waals surface area contributed by atoms with E-state index in [1.807, 2.05) is 6.07 Å². The van der Waals surface area contributed by atoms with Crippen molar-refractivity contribution in [2.75, 3.05) is 31.5 Å². The number of nitrogens with zero attached hydrogens (tertiary/aromatic N) is 3. The van der Waals surface area contributed by atoms with Crippen LogP contribution in [0, 0.1) is 17.2 Å². The highest BCUT2D eigenvalue weighted by Crippen LogP contribution is 2.22. The molecule has 2 rings (SSSR count). The van der Waals surface area contributed by atoms with E-state index in [1.54, 1.807) is 18.2 Å². The highest BCUT2D eigenvalue weighted by Gasteiger charge is 2.34. The molecule has 108 valence electrons. The van der Waals surface area contributed by atoms with Crippen molar-refractivity contribution in [1.29, 1.82) is 5.26 Å². The van der Waals surface area contributed by atoms with E-state index < -0.39 is 12.7 Å². The summed E-state index contributed by atoms with van der Waals surface area (Å²) in [6.07, 6.45) is -3.40. The van der Waals surface area contributed by atoms with E-state index in [0.717, 1.165) is 6.42 Å². The van der Waals surface area contributed by atoms with E-state index in [2.05, 4.69) is 10.3 Å². The van der Waals surface area contributed by atoms with Gasteiger partial charge in [-0.15, -0.1) is 0 Å². The van der Waals surface area contributed by atoms with Crippen LogP contribution in [0.2, 0.25) is 0 Å². The summed E-state index contributed by atoms with van der Waals surface area (Å²) in [6.45, 7) is 0.629. The molecule has 1 saturated heterocycles. The maximum absolute atomic E-state index is 12.3. The lowest BCUT2D eigenvalue weighted by molar-refractivity contribution is -0.143. The molecule has 1 atom stereocenters. The van der Waals surface area contributed by atoms with Crippen molar-refractivity contribution in [2.45, 2.75) is 12.6 Å². The van der Waals surface area contributed by atoms with Gasteiger partial charge >= 0.3 is 6.18 Å². The van der Waals surface area contributed by atoms with Gasteiger partial charge in [-0.1, -0.05) is 6.07 Å². The Labute approximate surface area is 115 Å². The van der Waals surface area contributed by atoms with Crippen LogP contribution < -0.4 is 5.32 Å². The number of pyridine rings is 1. The van der Waals surface area contributed by atoms with Crippen LogP contribution in [-0.2, 0) is 0 Å². The zero-order chi connectivity index (χ0) is 14.6. The highest BCUT2D eigenvalue weighted by atomic mass is 19.4. The number of rotatable bonds is 4. The van der Waals surface area contributed by atoms with E-state index in [4.69, 9.17) is 5.26 Å². The molecule has 0 spiro atoms. The van der Waals surface area contributed by atoms with Crippen molar-refractivity contribution < 1.29 is 13.2 Å². The Morgan fingerprint density at radius 1 is 1.45 bits per heavy atom. The molecule has 1 fully saturated rings. The van der Waals surface area contributed by atoms with Gasteiger partial charge in [0, 0.05) is 13.1 Å². The van der Waals surface area contributed by atoms with Gasteiger partial charge in [0.15, 0.2) is 0 Å². The zero-order valence-electron chi connectivity index (χ0n) is 10.8. The minimum absolute atomic E-state index is 0.171. The van der Waals surface area contributed by atoms with Crippen molar-refractivity contribution in [3.8, 4) is 6.07 Å². The second-order valence-electron chi connectivity index (χ2n) is 4.91. The molecule has 1 N–H and O–H groups in total. The molecule has 2 heterocycles. The molecule has 20 heavy (non-hydrogen) atoms. The fourth-order valence-corrected chi connectivity index (χ4v) is 2.32. The summed E-state index contributed by atoms with van der Waals surface area (Å²) in [7, 11) is 0. The molecule has 0 saturated carbocycles. The molecule has 0 amide bonds. The summed E-state index contributed by atoms with van der Waals surface area (Å²) >= 11 is 0. The van der Waals surface area contributed by atoms with Crippen LogP contribution in [0.5, 0.6) is 0 Å². The first-order valence-corrected chi connectivity index (χ1v) is 6.36. The van der Waals surface area contributed by atoms with E-state index in [0.29, 0.717) is 31.1 Å². The molecule has 1 aromatic rings. The fourth-order valence-electron chi connectivity index (χ4n) is 2.32. The minimum atomic E-state index is -4.13. The van der Waals surface area contributed by atoms with Crippen molar-refractivity contribution in [3.63, 3.8) is 0 Å². The van der Waals surface area contributed by atoms with Crippen LogP contribution in [0.15, 0.2) is 18.2 Å². The number of hydrogen-bond acceptors (Lipinski definition) is 4. The van der Waals surface area contributed by atoms with Crippen LogP contribution in [-0.4, -0.2) is 42.2 Å². The molecule has 0 radical (unpaired) electrons. The van der Waals surface area contributed by atoms with E-state index in [9.17, 15) is 13.2 Å². The second kappa shape index (κ2) is 6.09. The first kappa shape index (κ1) is 14.6. The van der Waals surface area contributed by atoms with Gasteiger partial charge in [0.1, 0.15) is 17.6 Å². The number of nitrogens with one attached hydrogen (secondary N) is 1. The Kier molecular flexibility index (Phi) is 4.45. The first-order chi connectivity index (χ1) is 9.46. The van der Waals surface area contributed by atoms with E-state index >= 15 is 0 Å². The van der Waals surface area contributed by atoms with Crippen LogP contribution in [0.3, 0.4) is 0 Å². The standard InChI is InChI=1S/C13H15F3N4/c14-13(15,16)9-20-5-4-10(8-20)7-18-12-3-1-2-11(6-17)19-12/h1-3,10H,4-5,7-9H2,(H,18,19). The second-order valence-corrected chi connectivity index (χ2v) is 4.91. The molecule has 1 aromatic heterocycles. The summed E-state index contributed by atoms with van der Waals surface area (Å²) in [6, 6.07) is 7.01. The molecule has 0 bridgehead atoms. The molecule has 0 aliphatic carbocycles. The Balaban J connectivity index is 1.79. The summed E-state index contributed by atoms with van der Waals surface area (Å²) in [5, 5.41) is 11.8. The predicted octanol–water partition coefficient (Wildman–Crippen LogP) is 2.25. The lowest BCUT2D eigenvalue weighted by Gasteiger charge is -2.18. The van der Waals surface area contributed by atoms with Crippen LogP contribution in [0.1, 0.15) is 12.1 Å². The number of alkyl halides is 3. The Morgan fingerprint density at radius 3 is 2.95 bits per heavy atom. The van der Waals surface area contributed by atoms with Crippen molar-refractivity contribution >= 4 is 5.82 Å². The third-order valence-electron chi connectivity index (χ3n) is 3.21. The lowest BCUT2D eigenvalue weighted by atomic mass is 10.1. The first-order valence-electron chi connectivity index (χ1n) is 6.36. The number of nitriles is 1. The molecular formula is C13H15F3N4. The van der Waals surface area contributed by atoms with Crippen molar-refractivity contribution in [1.82, 2.24) is 9.88 Å². The SMILES string of the molecule is N#Cc1cccc(NCC2CCN(CC(F)(F)F)C2)n1. The predicted molar refractivity (Wildman–Crippen MR) is 68.0 cm³/mol. The minimum Gasteiger partial charge on any atom is -0.370 e. The van der Waals surface area contributed by atoms with Gasteiger partial charge in [-0.05, 0) is 31.0 Å². The van der Waals surface area contributed by atoms with Gasteiger partial charge in [0.05, 0.1) is 6.54 Å². The van der Waals surface area contributed by atoms with E-state index in [-0.39, 0.29) is 5.92 Å². The quantitative estimate of drug-likeness (QED) is 0.921. The molecule has 1 aliphatic rings.